The molecule has 2 atom stereocenters. The van der Waals surface area contributed by atoms with Gasteiger partial charge in [0.15, 0.2) is 0 Å². The van der Waals surface area contributed by atoms with Crippen molar-refractivity contribution in [3.05, 3.63) is 47.0 Å². The predicted molar refractivity (Wildman–Crippen MR) is 108 cm³/mol. The summed E-state index contributed by atoms with van der Waals surface area (Å²) in [6, 6.07) is 8.66. The first-order valence-electron chi connectivity index (χ1n) is 9.91. The summed E-state index contributed by atoms with van der Waals surface area (Å²) in [5, 5.41) is 8.80. The minimum atomic E-state index is 0.103. The SMILES string of the molecule is CC(C)=CCN1C(=O)[C@H]2CC[C@@H]1CN(Cc1ccc(C#CCCO)cc1)C2. The van der Waals surface area contributed by atoms with E-state index in [0.717, 1.165) is 44.6 Å². The summed E-state index contributed by atoms with van der Waals surface area (Å²) in [5.41, 5.74) is 3.50. The number of nitrogens with zero attached hydrogens (tertiary/aromatic N) is 2. The molecule has 0 saturated carbocycles. The lowest BCUT2D eigenvalue weighted by molar-refractivity contribution is -0.139. The number of amides is 1. The van der Waals surface area contributed by atoms with E-state index in [0.29, 0.717) is 18.4 Å². The molecule has 0 aliphatic carbocycles. The number of carbonyl (C=O) groups is 1. The smallest absolute Gasteiger partial charge is 0.227 e. The second-order valence-electron chi connectivity index (χ2n) is 7.87. The van der Waals surface area contributed by atoms with Crippen molar-refractivity contribution in [2.75, 3.05) is 26.2 Å². The summed E-state index contributed by atoms with van der Waals surface area (Å²) in [6.45, 7) is 7.72. The fraction of sp³-hybridized carbons (Fsp3) is 0.522. The Hall–Kier alpha value is -2.09. The summed E-state index contributed by atoms with van der Waals surface area (Å²) >= 11 is 0. The molecule has 3 heterocycles. The molecule has 3 fully saturated rings. The Kier molecular flexibility index (Phi) is 6.71. The highest BCUT2D eigenvalue weighted by molar-refractivity contribution is 5.80. The fourth-order valence-electron chi connectivity index (χ4n) is 3.95. The van der Waals surface area contributed by atoms with E-state index in [4.69, 9.17) is 5.11 Å². The maximum atomic E-state index is 12.8. The highest BCUT2D eigenvalue weighted by atomic mass is 16.2. The van der Waals surface area contributed by atoms with Crippen LogP contribution in [0.4, 0.5) is 0 Å². The van der Waals surface area contributed by atoms with Crippen molar-refractivity contribution in [1.82, 2.24) is 9.80 Å². The van der Waals surface area contributed by atoms with Crippen LogP contribution in [-0.4, -0.2) is 53.1 Å². The van der Waals surface area contributed by atoms with Crippen molar-refractivity contribution < 1.29 is 9.90 Å². The van der Waals surface area contributed by atoms with Crippen LogP contribution in [0.2, 0.25) is 0 Å². The number of rotatable bonds is 5. The van der Waals surface area contributed by atoms with Gasteiger partial charge in [-0.2, -0.15) is 0 Å². The van der Waals surface area contributed by atoms with Gasteiger partial charge in [0.2, 0.25) is 5.91 Å². The van der Waals surface area contributed by atoms with Crippen molar-refractivity contribution in [1.29, 1.82) is 0 Å². The van der Waals surface area contributed by atoms with Gasteiger partial charge in [-0.1, -0.05) is 35.6 Å². The van der Waals surface area contributed by atoms with Crippen LogP contribution in [0.15, 0.2) is 35.9 Å². The van der Waals surface area contributed by atoms with Crippen LogP contribution in [0.3, 0.4) is 0 Å². The van der Waals surface area contributed by atoms with Gasteiger partial charge in [0.05, 0.1) is 12.5 Å². The zero-order valence-corrected chi connectivity index (χ0v) is 16.4. The maximum Gasteiger partial charge on any atom is 0.227 e. The van der Waals surface area contributed by atoms with Gasteiger partial charge in [0, 0.05) is 44.2 Å². The largest absolute Gasteiger partial charge is 0.395 e. The number of hydrogen-bond donors (Lipinski definition) is 1. The molecule has 144 valence electrons. The number of allylic oxidation sites excluding steroid dienone is 1. The number of benzene rings is 1. The normalized spacial score (nSPS) is 22.2. The van der Waals surface area contributed by atoms with E-state index in [9.17, 15) is 4.79 Å². The molecule has 3 aliphatic rings. The fourth-order valence-corrected chi connectivity index (χ4v) is 3.95. The van der Waals surface area contributed by atoms with E-state index in [-0.39, 0.29) is 12.5 Å². The summed E-state index contributed by atoms with van der Waals surface area (Å²) in [7, 11) is 0. The minimum absolute atomic E-state index is 0.103. The average Bonchev–Trinajstić information content (AvgIpc) is 2.92. The van der Waals surface area contributed by atoms with E-state index in [1.165, 1.54) is 11.1 Å². The van der Waals surface area contributed by atoms with Gasteiger partial charge in [-0.05, 0) is 44.4 Å². The lowest BCUT2D eigenvalue weighted by Gasteiger charge is -2.35. The van der Waals surface area contributed by atoms with Crippen LogP contribution in [0.1, 0.15) is 44.2 Å². The van der Waals surface area contributed by atoms with Gasteiger partial charge in [-0.25, -0.2) is 0 Å². The van der Waals surface area contributed by atoms with E-state index < -0.39 is 0 Å². The van der Waals surface area contributed by atoms with Crippen LogP contribution >= 0.6 is 0 Å². The molecule has 3 saturated heterocycles. The molecule has 2 bridgehead atoms. The van der Waals surface area contributed by atoms with E-state index in [2.05, 4.69) is 53.7 Å². The first kappa shape index (κ1) is 19.7. The van der Waals surface area contributed by atoms with Crippen molar-refractivity contribution in [2.24, 2.45) is 5.92 Å². The summed E-state index contributed by atoms with van der Waals surface area (Å²) in [5.74, 6) is 6.49. The minimum Gasteiger partial charge on any atom is -0.395 e. The number of carbonyl (C=O) groups excluding carboxylic acids is 1. The summed E-state index contributed by atoms with van der Waals surface area (Å²) in [4.78, 5) is 17.4. The Morgan fingerprint density at radius 1 is 1.22 bits per heavy atom. The van der Waals surface area contributed by atoms with Gasteiger partial charge in [-0.15, -0.1) is 0 Å². The molecule has 4 heteroatoms. The van der Waals surface area contributed by atoms with Crippen LogP contribution in [0.5, 0.6) is 0 Å². The number of aliphatic hydroxyl groups is 1. The monoisotopic (exact) mass is 366 g/mol. The molecule has 1 N–H and O–H groups in total. The van der Waals surface area contributed by atoms with Gasteiger partial charge in [-0.3, -0.25) is 9.69 Å². The standard InChI is InChI=1S/C23H30N2O2/c1-18(2)12-13-25-22-11-10-21(23(25)27)16-24(17-22)15-20-8-6-19(7-9-20)5-3-4-14-26/h6-9,12,21-22,26H,4,10-11,13-17H2,1-2H3/t21-,22+/m0/s1. The molecule has 0 aromatic heterocycles. The van der Waals surface area contributed by atoms with E-state index in [1.807, 2.05) is 12.1 Å². The van der Waals surface area contributed by atoms with Crippen LogP contribution in [0.25, 0.3) is 0 Å². The lowest BCUT2D eigenvalue weighted by atomic mass is 9.94. The second-order valence-corrected chi connectivity index (χ2v) is 7.87. The second kappa shape index (κ2) is 9.21. The predicted octanol–water partition coefficient (Wildman–Crippen LogP) is 2.81. The Morgan fingerprint density at radius 2 is 2.00 bits per heavy atom. The zero-order chi connectivity index (χ0) is 19.2. The van der Waals surface area contributed by atoms with Crippen LogP contribution < -0.4 is 0 Å². The van der Waals surface area contributed by atoms with Crippen LogP contribution in [0, 0.1) is 17.8 Å². The summed E-state index contributed by atoms with van der Waals surface area (Å²) < 4.78 is 0. The first-order chi connectivity index (χ1) is 13.1. The Bertz CT molecular complexity index is 738. The topological polar surface area (TPSA) is 43.8 Å². The molecule has 4 nitrogen and oxygen atoms in total. The van der Waals surface area contributed by atoms with Gasteiger partial charge in [0.1, 0.15) is 0 Å². The molecule has 0 unspecified atom stereocenters. The highest BCUT2D eigenvalue weighted by Gasteiger charge is 2.39. The molecule has 1 aromatic rings. The molecule has 1 aromatic carbocycles. The number of aliphatic hydroxyl groups excluding tert-OH is 1. The third-order valence-electron chi connectivity index (χ3n) is 5.39. The van der Waals surface area contributed by atoms with Gasteiger partial charge in [0.25, 0.3) is 0 Å². The van der Waals surface area contributed by atoms with E-state index >= 15 is 0 Å². The van der Waals surface area contributed by atoms with Crippen molar-refractivity contribution >= 4 is 5.91 Å². The molecular weight excluding hydrogens is 336 g/mol. The van der Waals surface area contributed by atoms with Gasteiger partial charge >= 0.3 is 0 Å². The molecule has 0 spiro atoms. The molecular formula is C23H30N2O2. The third kappa shape index (κ3) is 5.22. The molecule has 4 rings (SSSR count). The zero-order valence-electron chi connectivity index (χ0n) is 16.4. The maximum absolute atomic E-state index is 12.8. The first-order valence-corrected chi connectivity index (χ1v) is 9.91. The lowest BCUT2D eigenvalue weighted by Crippen LogP contribution is -2.47. The number of fused-ring (bicyclic) bond motifs is 4. The third-order valence-corrected chi connectivity index (χ3v) is 5.39. The van der Waals surface area contributed by atoms with Crippen molar-refractivity contribution in [3.63, 3.8) is 0 Å². The average molecular weight is 367 g/mol. The van der Waals surface area contributed by atoms with Crippen LogP contribution in [-0.2, 0) is 11.3 Å². The number of hydrogen-bond acceptors (Lipinski definition) is 3. The Labute approximate surface area is 162 Å². The highest BCUT2D eigenvalue weighted by Crippen LogP contribution is 2.30. The summed E-state index contributed by atoms with van der Waals surface area (Å²) in [6.07, 6.45) is 4.81. The molecule has 1 amide bonds. The molecule has 3 aliphatic heterocycles. The quantitative estimate of drug-likeness (QED) is 0.644. The Balaban J connectivity index is 1.64. The van der Waals surface area contributed by atoms with Crippen molar-refractivity contribution in [3.8, 4) is 11.8 Å². The number of piperidine rings is 1. The molecule has 0 radical (unpaired) electrons. The van der Waals surface area contributed by atoms with Gasteiger partial charge < -0.3 is 10.0 Å². The molecule has 27 heavy (non-hydrogen) atoms. The van der Waals surface area contributed by atoms with Crippen molar-refractivity contribution in [2.45, 2.75) is 45.7 Å². The Morgan fingerprint density at radius 3 is 2.70 bits per heavy atom. The van der Waals surface area contributed by atoms with E-state index in [1.54, 1.807) is 0 Å².